The van der Waals surface area contributed by atoms with Crippen LogP contribution in [0.15, 0.2) is 30.3 Å². The Balaban J connectivity index is 2.43. The van der Waals surface area contributed by atoms with Crippen molar-refractivity contribution in [2.45, 2.75) is 6.42 Å². The van der Waals surface area contributed by atoms with Crippen LogP contribution in [-0.2, 0) is 6.42 Å². The van der Waals surface area contributed by atoms with Gasteiger partial charge in [0.1, 0.15) is 0 Å². The van der Waals surface area contributed by atoms with Gasteiger partial charge in [0, 0.05) is 12.5 Å². The van der Waals surface area contributed by atoms with Crippen LogP contribution >= 0.6 is 23.2 Å². The summed E-state index contributed by atoms with van der Waals surface area (Å²) < 4.78 is 10.1. The molecular formula is C16H13Cl2NO5. The number of carbonyl (C=O) groups is 1. The Kier molecular flexibility index (Phi) is 5.64. The van der Waals surface area contributed by atoms with Crippen molar-refractivity contribution in [3.63, 3.8) is 0 Å². The van der Waals surface area contributed by atoms with E-state index in [1.807, 2.05) is 0 Å². The second-order valence-electron chi connectivity index (χ2n) is 4.83. The molecule has 0 heterocycles. The Morgan fingerprint density at radius 2 is 1.71 bits per heavy atom. The normalized spacial score (nSPS) is 10.3. The molecule has 0 radical (unpaired) electrons. The molecule has 0 fully saturated rings. The van der Waals surface area contributed by atoms with E-state index in [9.17, 15) is 14.9 Å². The molecule has 0 unspecified atom stereocenters. The first-order chi connectivity index (χ1) is 11.4. The number of nitro benzene ring substituents is 1. The van der Waals surface area contributed by atoms with E-state index in [1.54, 1.807) is 18.2 Å². The highest BCUT2D eigenvalue weighted by Crippen LogP contribution is 2.35. The number of hydrogen-bond acceptors (Lipinski definition) is 5. The number of carbonyl (C=O) groups excluding carboxylic acids is 1. The van der Waals surface area contributed by atoms with Gasteiger partial charge in [0.05, 0.1) is 40.8 Å². The van der Waals surface area contributed by atoms with Crippen LogP contribution in [0.5, 0.6) is 11.5 Å². The number of nitrogens with zero attached hydrogens (tertiary/aromatic N) is 1. The van der Waals surface area contributed by atoms with Gasteiger partial charge in [-0.3, -0.25) is 14.9 Å². The van der Waals surface area contributed by atoms with Gasteiger partial charge in [-0.15, -0.1) is 0 Å². The second kappa shape index (κ2) is 7.51. The molecule has 24 heavy (non-hydrogen) atoms. The van der Waals surface area contributed by atoms with E-state index in [0.29, 0.717) is 15.6 Å². The largest absolute Gasteiger partial charge is 0.493 e. The van der Waals surface area contributed by atoms with Crippen LogP contribution in [-0.4, -0.2) is 24.9 Å². The molecule has 6 nitrogen and oxygen atoms in total. The highest BCUT2D eigenvalue weighted by molar-refractivity contribution is 6.42. The molecule has 2 aromatic rings. The van der Waals surface area contributed by atoms with Crippen LogP contribution < -0.4 is 9.47 Å². The lowest BCUT2D eigenvalue weighted by atomic mass is 10.0. The maximum Gasteiger partial charge on any atom is 0.284 e. The molecular weight excluding hydrogens is 357 g/mol. The molecule has 0 aromatic heterocycles. The molecule has 0 atom stereocenters. The van der Waals surface area contributed by atoms with E-state index in [0.717, 1.165) is 0 Å². The van der Waals surface area contributed by atoms with E-state index in [2.05, 4.69) is 0 Å². The summed E-state index contributed by atoms with van der Waals surface area (Å²) in [7, 11) is 2.75. The van der Waals surface area contributed by atoms with E-state index < -0.39 is 10.7 Å². The Morgan fingerprint density at radius 1 is 1.08 bits per heavy atom. The van der Waals surface area contributed by atoms with Crippen LogP contribution in [0.2, 0.25) is 10.0 Å². The topological polar surface area (TPSA) is 78.7 Å². The highest BCUT2D eigenvalue weighted by Gasteiger charge is 2.24. The van der Waals surface area contributed by atoms with Crippen LogP contribution in [0.1, 0.15) is 15.9 Å². The number of nitro groups is 1. The number of methoxy groups -OCH3 is 2. The van der Waals surface area contributed by atoms with Crippen LogP contribution in [0.25, 0.3) is 0 Å². The molecule has 0 amide bonds. The van der Waals surface area contributed by atoms with E-state index in [1.165, 1.54) is 26.4 Å². The van der Waals surface area contributed by atoms with Crippen LogP contribution in [0, 0.1) is 10.1 Å². The third-order valence-corrected chi connectivity index (χ3v) is 4.09. The Morgan fingerprint density at radius 3 is 2.25 bits per heavy atom. The van der Waals surface area contributed by atoms with Gasteiger partial charge >= 0.3 is 0 Å². The number of rotatable bonds is 6. The van der Waals surface area contributed by atoms with Crippen molar-refractivity contribution < 1.29 is 19.2 Å². The lowest BCUT2D eigenvalue weighted by molar-refractivity contribution is -0.385. The molecule has 0 aliphatic heterocycles. The summed E-state index contributed by atoms with van der Waals surface area (Å²) in [6.45, 7) is 0. The van der Waals surface area contributed by atoms with Crippen molar-refractivity contribution in [1.82, 2.24) is 0 Å². The molecule has 2 aromatic carbocycles. The minimum absolute atomic E-state index is 0.0623. The first-order valence-corrected chi connectivity index (χ1v) is 7.50. The van der Waals surface area contributed by atoms with Gasteiger partial charge in [-0.25, -0.2) is 0 Å². The molecule has 8 heteroatoms. The average Bonchev–Trinajstić information content (AvgIpc) is 2.56. The first-order valence-electron chi connectivity index (χ1n) is 6.75. The monoisotopic (exact) mass is 369 g/mol. The summed E-state index contributed by atoms with van der Waals surface area (Å²) in [6, 6.07) is 7.22. The summed E-state index contributed by atoms with van der Waals surface area (Å²) in [5.41, 5.74) is 0.180. The average molecular weight is 370 g/mol. The quantitative estimate of drug-likeness (QED) is 0.429. The fraction of sp³-hybridized carbons (Fsp3) is 0.188. The number of benzene rings is 2. The van der Waals surface area contributed by atoms with Gasteiger partial charge in [-0.1, -0.05) is 29.3 Å². The van der Waals surface area contributed by atoms with Gasteiger partial charge in [0.2, 0.25) is 0 Å². The van der Waals surface area contributed by atoms with Gasteiger partial charge in [-0.05, 0) is 17.7 Å². The molecule has 0 bridgehead atoms. The van der Waals surface area contributed by atoms with Crippen molar-refractivity contribution in [2.75, 3.05) is 14.2 Å². The van der Waals surface area contributed by atoms with Crippen molar-refractivity contribution >= 4 is 34.7 Å². The minimum atomic E-state index is -0.635. The van der Waals surface area contributed by atoms with Gasteiger partial charge in [0.25, 0.3) is 5.69 Å². The lowest BCUT2D eigenvalue weighted by Crippen LogP contribution is -2.08. The second-order valence-corrected chi connectivity index (χ2v) is 5.64. The zero-order valence-electron chi connectivity index (χ0n) is 12.8. The van der Waals surface area contributed by atoms with Crippen LogP contribution in [0.3, 0.4) is 0 Å². The summed E-state index contributed by atoms with van der Waals surface area (Å²) in [5, 5.41) is 11.9. The summed E-state index contributed by atoms with van der Waals surface area (Å²) in [4.78, 5) is 23.2. The number of ketones is 1. The maximum atomic E-state index is 12.5. The molecule has 0 saturated heterocycles. The molecule has 126 valence electrons. The fourth-order valence-electron chi connectivity index (χ4n) is 2.17. The number of Topliss-reactive ketones (excluding diaryl/α,β-unsaturated/α-hetero) is 1. The summed E-state index contributed by atoms with van der Waals surface area (Å²) >= 11 is 11.8. The smallest absolute Gasteiger partial charge is 0.284 e. The molecule has 0 saturated carbocycles. The zero-order valence-corrected chi connectivity index (χ0v) is 14.4. The van der Waals surface area contributed by atoms with Crippen molar-refractivity contribution in [1.29, 1.82) is 0 Å². The maximum absolute atomic E-state index is 12.5. The summed E-state index contributed by atoms with van der Waals surface area (Å²) in [5.74, 6) is -0.0306. The van der Waals surface area contributed by atoms with Crippen molar-refractivity contribution in [3.8, 4) is 11.5 Å². The lowest BCUT2D eigenvalue weighted by Gasteiger charge is -2.10. The Hall–Kier alpha value is -2.31. The number of ether oxygens (including phenoxy) is 2. The van der Waals surface area contributed by atoms with E-state index in [-0.39, 0.29) is 29.2 Å². The Labute approximate surface area is 148 Å². The summed E-state index contributed by atoms with van der Waals surface area (Å²) in [6.07, 6.45) is -0.0623. The van der Waals surface area contributed by atoms with Gasteiger partial charge < -0.3 is 9.47 Å². The number of halogens is 2. The first kappa shape index (κ1) is 18.0. The van der Waals surface area contributed by atoms with Crippen molar-refractivity contribution in [3.05, 3.63) is 61.6 Å². The molecule has 0 spiro atoms. The predicted molar refractivity (Wildman–Crippen MR) is 90.7 cm³/mol. The zero-order chi connectivity index (χ0) is 17.9. The third kappa shape index (κ3) is 3.77. The molecule has 0 N–H and O–H groups in total. The van der Waals surface area contributed by atoms with E-state index >= 15 is 0 Å². The van der Waals surface area contributed by atoms with Gasteiger partial charge in [-0.2, -0.15) is 0 Å². The number of hydrogen-bond donors (Lipinski definition) is 0. The van der Waals surface area contributed by atoms with Crippen LogP contribution in [0.4, 0.5) is 5.69 Å². The Bertz CT molecular complexity index is 807. The SMILES string of the molecule is COc1cc(C(=O)Cc2ccc(Cl)c(Cl)c2)c([N+](=O)[O-])cc1OC. The minimum Gasteiger partial charge on any atom is -0.493 e. The predicted octanol–water partition coefficient (Wildman–Crippen LogP) is 4.34. The van der Waals surface area contributed by atoms with Crippen molar-refractivity contribution in [2.24, 2.45) is 0 Å². The highest BCUT2D eigenvalue weighted by atomic mass is 35.5. The standard InChI is InChI=1S/C16H13Cl2NO5/c1-23-15-7-10(13(19(21)22)8-16(15)24-2)14(20)6-9-3-4-11(17)12(18)5-9/h3-5,7-8H,6H2,1-2H3. The van der Waals surface area contributed by atoms with Gasteiger partial charge in [0.15, 0.2) is 17.3 Å². The third-order valence-electron chi connectivity index (χ3n) is 3.35. The molecule has 0 aliphatic rings. The molecule has 2 rings (SSSR count). The van der Waals surface area contributed by atoms with E-state index in [4.69, 9.17) is 32.7 Å². The fourth-order valence-corrected chi connectivity index (χ4v) is 2.49. The molecule has 0 aliphatic carbocycles.